The van der Waals surface area contributed by atoms with Crippen LogP contribution in [-0.2, 0) is 30.4 Å². The number of rotatable bonds is 6. The summed E-state index contributed by atoms with van der Waals surface area (Å²) in [6.45, 7) is 15.3. The maximum absolute atomic E-state index is 14.1. The van der Waals surface area contributed by atoms with E-state index in [9.17, 15) is 26.4 Å². The first kappa shape index (κ1) is 33.6. The molecule has 5 aliphatic rings. The minimum Gasteiger partial charge on any atom is -0.460 e. The van der Waals surface area contributed by atoms with Gasteiger partial charge in [-0.05, 0) is 115 Å². The monoisotopic (exact) mass is 662 g/mol. The van der Waals surface area contributed by atoms with Gasteiger partial charge in [0.15, 0.2) is 0 Å². The first-order valence-electron chi connectivity index (χ1n) is 16.9. The highest BCUT2D eigenvalue weighted by Gasteiger charge is 2.72. The molecular formula is C37H49F3O5S. The Morgan fingerprint density at radius 3 is 2.28 bits per heavy atom. The molecule has 4 saturated carbocycles. The lowest BCUT2D eigenvalue weighted by Crippen LogP contribution is -2.66. The largest absolute Gasteiger partial charge is 0.534 e. The van der Waals surface area contributed by atoms with E-state index in [1.54, 1.807) is 6.08 Å². The molecule has 46 heavy (non-hydrogen) atoms. The number of fused-ring (bicyclic) bond motifs is 7. The quantitative estimate of drug-likeness (QED) is 0.131. The van der Waals surface area contributed by atoms with Crippen LogP contribution in [0.3, 0.4) is 0 Å². The van der Waals surface area contributed by atoms with Crippen molar-refractivity contribution >= 4 is 16.1 Å². The molecule has 9 atom stereocenters. The topological polar surface area (TPSA) is 69.7 Å². The number of allylic oxidation sites excluding steroid dienone is 3. The van der Waals surface area contributed by atoms with Gasteiger partial charge in [-0.2, -0.15) is 21.6 Å². The molecule has 1 aromatic rings. The van der Waals surface area contributed by atoms with Crippen LogP contribution in [0.4, 0.5) is 13.2 Å². The van der Waals surface area contributed by atoms with Crippen LogP contribution in [0, 0.1) is 56.7 Å². The Morgan fingerprint density at radius 1 is 0.935 bits per heavy atom. The molecule has 9 heteroatoms. The van der Waals surface area contributed by atoms with Crippen molar-refractivity contribution in [1.82, 2.24) is 0 Å². The van der Waals surface area contributed by atoms with Gasteiger partial charge >= 0.3 is 21.6 Å². The van der Waals surface area contributed by atoms with Crippen LogP contribution >= 0.6 is 0 Å². The molecule has 0 N–H and O–H groups in total. The van der Waals surface area contributed by atoms with E-state index in [0.717, 1.165) is 56.9 Å². The highest BCUT2D eigenvalue weighted by molar-refractivity contribution is 7.87. The maximum atomic E-state index is 14.1. The second kappa shape index (κ2) is 10.9. The van der Waals surface area contributed by atoms with E-state index < -0.39 is 26.5 Å². The molecule has 5 aliphatic carbocycles. The zero-order chi connectivity index (χ0) is 33.6. The fraction of sp³-hybridized carbons (Fsp3) is 0.703. The lowest BCUT2D eigenvalue weighted by Gasteiger charge is -2.72. The van der Waals surface area contributed by atoms with Crippen LogP contribution in [-0.4, -0.2) is 19.9 Å². The molecule has 0 bridgehead atoms. The van der Waals surface area contributed by atoms with E-state index in [-0.39, 0.29) is 58.3 Å². The number of ether oxygens (including phenoxy) is 1. The molecule has 0 spiro atoms. The molecule has 0 heterocycles. The molecule has 5 nitrogen and oxygen atoms in total. The van der Waals surface area contributed by atoms with E-state index in [1.165, 1.54) is 0 Å². The number of esters is 1. The Balaban J connectivity index is 1.30. The Hall–Kier alpha value is -2.29. The highest BCUT2D eigenvalue weighted by atomic mass is 32.2. The molecule has 0 aliphatic heterocycles. The summed E-state index contributed by atoms with van der Waals surface area (Å²) in [6.07, 6.45) is 11.2. The predicted octanol–water partition coefficient (Wildman–Crippen LogP) is 9.36. The summed E-state index contributed by atoms with van der Waals surface area (Å²) >= 11 is 0. The Bertz CT molecular complexity index is 1520. The molecule has 0 unspecified atom stereocenters. The van der Waals surface area contributed by atoms with Gasteiger partial charge in [0.05, 0.1) is 5.41 Å². The smallest absolute Gasteiger partial charge is 0.460 e. The van der Waals surface area contributed by atoms with Gasteiger partial charge in [-0.3, -0.25) is 4.79 Å². The molecule has 0 amide bonds. The third kappa shape index (κ3) is 4.67. The molecule has 0 radical (unpaired) electrons. The van der Waals surface area contributed by atoms with E-state index in [1.807, 2.05) is 44.2 Å². The number of carbonyl (C=O) groups is 1. The van der Waals surface area contributed by atoms with Crippen LogP contribution in [0.5, 0.6) is 0 Å². The van der Waals surface area contributed by atoms with Gasteiger partial charge in [-0.15, -0.1) is 6.58 Å². The molecule has 1 aromatic carbocycles. The third-order valence-corrected chi connectivity index (χ3v) is 15.4. The van der Waals surface area contributed by atoms with Gasteiger partial charge < -0.3 is 8.92 Å². The van der Waals surface area contributed by atoms with E-state index >= 15 is 0 Å². The van der Waals surface area contributed by atoms with Crippen molar-refractivity contribution < 1.29 is 35.3 Å². The van der Waals surface area contributed by atoms with E-state index in [2.05, 4.69) is 33.4 Å². The van der Waals surface area contributed by atoms with E-state index in [0.29, 0.717) is 12.3 Å². The molecule has 254 valence electrons. The fourth-order valence-electron chi connectivity index (χ4n) is 12.0. The number of halogens is 3. The standard InChI is InChI=1S/C37H49F3O5S/c1-7-25-15-20-36(31(41)44-23-24-11-9-8-10-12-24)22-21-34(5)26(30(25)36)13-14-28-33(4)18-17-29(45-46(42,43)37(38,39)40)32(2,3)27(33)16-19-35(28,34)6/h7-12,17,25-28,30H,1,13-16,18-23H2,2-6H3/t25-,26-,27+,28-,30-,33+,34-,35-,36+/m1/s1. The van der Waals surface area contributed by atoms with Crippen LogP contribution < -0.4 is 0 Å². The van der Waals surface area contributed by atoms with Crippen molar-refractivity contribution in [3.05, 3.63) is 60.4 Å². The highest BCUT2D eigenvalue weighted by Crippen LogP contribution is 2.77. The summed E-state index contributed by atoms with van der Waals surface area (Å²) in [6, 6.07) is 9.82. The summed E-state index contributed by atoms with van der Waals surface area (Å²) in [5.41, 5.74) is -6.24. The van der Waals surface area contributed by atoms with Crippen LogP contribution in [0.2, 0.25) is 0 Å². The van der Waals surface area contributed by atoms with Gasteiger partial charge in [0.25, 0.3) is 0 Å². The summed E-state index contributed by atoms with van der Waals surface area (Å²) in [7, 11) is -5.75. The lowest BCUT2D eigenvalue weighted by molar-refractivity contribution is -0.231. The van der Waals surface area contributed by atoms with Gasteiger partial charge in [0, 0.05) is 5.41 Å². The Labute approximate surface area is 272 Å². The Kier molecular flexibility index (Phi) is 7.93. The lowest BCUT2D eigenvalue weighted by atomic mass is 9.33. The van der Waals surface area contributed by atoms with E-state index in [4.69, 9.17) is 8.92 Å². The van der Waals surface area contributed by atoms with Crippen LogP contribution in [0.15, 0.2) is 54.8 Å². The summed E-state index contributed by atoms with van der Waals surface area (Å²) in [5.74, 6) is 0.809. The minimum atomic E-state index is -5.75. The minimum absolute atomic E-state index is 0.0373. The summed E-state index contributed by atoms with van der Waals surface area (Å²) < 4.78 is 74.8. The van der Waals surface area contributed by atoms with Crippen molar-refractivity contribution in [3.63, 3.8) is 0 Å². The number of carbonyl (C=O) groups excluding carboxylic acids is 1. The fourth-order valence-corrected chi connectivity index (χ4v) is 12.6. The van der Waals surface area contributed by atoms with Crippen molar-refractivity contribution in [1.29, 1.82) is 0 Å². The first-order chi connectivity index (χ1) is 21.4. The zero-order valence-corrected chi connectivity index (χ0v) is 28.6. The van der Waals surface area contributed by atoms with Gasteiger partial charge in [0.2, 0.25) is 0 Å². The summed E-state index contributed by atoms with van der Waals surface area (Å²) in [4.78, 5) is 14.1. The molecule has 0 saturated heterocycles. The zero-order valence-electron chi connectivity index (χ0n) is 27.8. The van der Waals surface area contributed by atoms with Gasteiger partial charge in [-0.25, -0.2) is 0 Å². The number of benzene rings is 1. The molecular weight excluding hydrogens is 613 g/mol. The predicted molar refractivity (Wildman–Crippen MR) is 170 cm³/mol. The maximum Gasteiger partial charge on any atom is 0.534 e. The number of hydrogen-bond acceptors (Lipinski definition) is 5. The molecule has 0 aromatic heterocycles. The number of hydrogen-bond donors (Lipinski definition) is 0. The number of alkyl halides is 3. The van der Waals surface area contributed by atoms with Crippen molar-refractivity contribution in [3.8, 4) is 0 Å². The second-order valence-electron chi connectivity index (χ2n) is 16.3. The van der Waals surface area contributed by atoms with Crippen LogP contribution in [0.1, 0.15) is 98.0 Å². The van der Waals surface area contributed by atoms with Gasteiger partial charge in [0.1, 0.15) is 12.4 Å². The average Bonchev–Trinajstić information content (AvgIpc) is 3.38. The van der Waals surface area contributed by atoms with Gasteiger partial charge in [-0.1, -0.05) is 71.0 Å². The van der Waals surface area contributed by atoms with Crippen LogP contribution in [0.25, 0.3) is 0 Å². The SMILES string of the molecule is C=C[C@@H]1CC[C@]2(C(=O)OCc3ccccc3)CC[C@]3(C)[C@H](CC[C@@H]4[C@@]5(C)CC=C(OS(=O)(=O)C(F)(F)F)C(C)(C)[C@@H]5CC[C@]43C)[C@@H]12. The average molecular weight is 663 g/mol. The second-order valence-corrected chi connectivity index (χ2v) is 17.9. The first-order valence-corrected chi connectivity index (χ1v) is 18.3. The third-order valence-electron chi connectivity index (χ3n) is 14.4. The Morgan fingerprint density at radius 2 is 1.63 bits per heavy atom. The van der Waals surface area contributed by atoms with Crippen molar-refractivity contribution in [2.75, 3.05) is 0 Å². The normalized spacial score (nSPS) is 41.6. The van der Waals surface area contributed by atoms with Crippen molar-refractivity contribution in [2.45, 2.75) is 105 Å². The molecule has 6 rings (SSSR count). The van der Waals surface area contributed by atoms with Crippen molar-refractivity contribution in [2.24, 2.45) is 56.7 Å². The molecule has 4 fully saturated rings. The summed E-state index contributed by atoms with van der Waals surface area (Å²) in [5, 5.41) is 0.